The molecule has 0 spiro atoms. The van der Waals surface area contributed by atoms with Crippen LogP contribution in [0.2, 0.25) is 10.0 Å². The summed E-state index contributed by atoms with van der Waals surface area (Å²) >= 11 is 11.6. The van der Waals surface area contributed by atoms with Gasteiger partial charge >= 0.3 is 5.69 Å². The van der Waals surface area contributed by atoms with Crippen LogP contribution >= 0.6 is 23.2 Å². The number of nitrogens with one attached hydrogen (secondary N) is 4. The molecular weight excluding hydrogens is 449 g/mol. The van der Waals surface area contributed by atoms with E-state index in [9.17, 15) is 19.7 Å². The molecule has 0 radical (unpaired) electrons. The largest absolute Gasteiger partial charge is 0.356 e. The Bertz CT molecular complexity index is 1140. The van der Waals surface area contributed by atoms with Gasteiger partial charge in [0.1, 0.15) is 6.33 Å². The van der Waals surface area contributed by atoms with Crippen LogP contribution in [0.25, 0.3) is 0 Å². The molecule has 3 rings (SSSR count). The van der Waals surface area contributed by atoms with Crippen molar-refractivity contribution in [3.05, 3.63) is 86.1 Å². The summed E-state index contributed by atoms with van der Waals surface area (Å²) in [7, 11) is 0. The second kappa shape index (κ2) is 9.69. The number of amides is 2. The monoisotopic (exact) mass is 461 g/mol. The quantitative estimate of drug-likeness (QED) is 0.309. The van der Waals surface area contributed by atoms with Crippen molar-refractivity contribution in [3.63, 3.8) is 0 Å². The van der Waals surface area contributed by atoms with E-state index >= 15 is 0 Å². The van der Waals surface area contributed by atoms with Crippen molar-refractivity contribution in [2.24, 2.45) is 0 Å². The highest BCUT2D eigenvalue weighted by atomic mass is 35.5. The van der Waals surface area contributed by atoms with Gasteiger partial charge in [0, 0.05) is 21.2 Å². The van der Waals surface area contributed by atoms with E-state index < -0.39 is 22.4 Å². The molecule has 2 amide bonds. The van der Waals surface area contributed by atoms with Gasteiger partial charge in [0.15, 0.2) is 0 Å². The SMILES string of the molecule is O=C(NNc1ncnc(NNC(=O)c2cccc(Cl)c2)c1[N+](=O)[O-])c1ccc(Cl)cc1. The summed E-state index contributed by atoms with van der Waals surface area (Å²) in [5.74, 6) is -1.78. The number of carbonyl (C=O) groups excluding carboxylic acids is 2. The molecule has 0 unspecified atom stereocenters. The standard InChI is InChI=1S/C18H13Cl2N7O4/c19-12-6-4-10(5-7-12)17(28)25-23-15-14(27(30)31)16(22-9-21-15)24-26-18(29)11-2-1-3-13(20)8-11/h1-9H,(H,25,28)(H,26,29)(H2,21,22,23,24). The van der Waals surface area contributed by atoms with Gasteiger partial charge in [0.05, 0.1) is 4.92 Å². The molecule has 31 heavy (non-hydrogen) atoms. The Morgan fingerprint density at radius 3 is 1.97 bits per heavy atom. The van der Waals surface area contributed by atoms with Crippen molar-refractivity contribution in [2.75, 3.05) is 10.9 Å². The lowest BCUT2D eigenvalue weighted by molar-refractivity contribution is -0.383. The van der Waals surface area contributed by atoms with Crippen LogP contribution in [0.4, 0.5) is 17.3 Å². The number of nitro groups is 1. The van der Waals surface area contributed by atoms with Crippen molar-refractivity contribution in [2.45, 2.75) is 0 Å². The Kier molecular flexibility index (Phi) is 6.80. The van der Waals surface area contributed by atoms with E-state index in [0.717, 1.165) is 6.33 Å². The van der Waals surface area contributed by atoms with Crippen LogP contribution < -0.4 is 21.7 Å². The number of nitrogens with zero attached hydrogens (tertiary/aromatic N) is 3. The first-order valence-corrected chi connectivity index (χ1v) is 9.24. The van der Waals surface area contributed by atoms with Crippen LogP contribution in [0.1, 0.15) is 20.7 Å². The fourth-order valence-electron chi connectivity index (χ4n) is 2.34. The number of aromatic nitrogens is 2. The average Bonchev–Trinajstić information content (AvgIpc) is 2.76. The van der Waals surface area contributed by atoms with E-state index in [4.69, 9.17) is 23.2 Å². The smallest absolute Gasteiger partial charge is 0.276 e. The number of hydrogen-bond acceptors (Lipinski definition) is 8. The zero-order valence-electron chi connectivity index (χ0n) is 15.4. The van der Waals surface area contributed by atoms with E-state index in [0.29, 0.717) is 10.0 Å². The minimum Gasteiger partial charge on any atom is -0.276 e. The third-order valence-corrected chi connectivity index (χ3v) is 4.27. The van der Waals surface area contributed by atoms with Gasteiger partial charge in [-0.15, -0.1) is 0 Å². The zero-order valence-corrected chi connectivity index (χ0v) is 16.9. The Morgan fingerprint density at radius 2 is 1.42 bits per heavy atom. The second-order valence-electron chi connectivity index (χ2n) is 5.85. The minimum atomic E-state index is -0.773. The van der Waals surface area contributed by atoms with Gasteiger partial charge in [-0.2, -0.15) is 0 Å². The van der Waals surface area contributed by atoms with Crippen molar-refractivity contribution in [1.82, 2.24) is 20.8 Å². The highest BCUT2D eigenvalue weighted by Gasteiger charge is 2.24. The molecule has 0 saturated heterocycles. The zero-order chi connectivity index (χ0) is 22.4. The van der Waals surface area contributed by atoms with Crippen molar-refractivity contribution >= 4 is 52.3 Å². The lowest BCUT2D eigenvalue weighted by atomic mass is 10.2. The number of hydrogen-bond donors (Lipinski definition) is 4. The van der Waals surface area contributed by atoms with E-state index in [1.165, 1.54) is 36.4 Å². The average molecular weight is 462 g/mol. The molecule has 0 atom stereocenters. The molecular formula is C18H13Cl2N7O4. The summed E-state index contributed by atoms with van der Waals surface area (Å²) in [6.07, 6.45) is 1.01. The minimum absolute atomic E-state index is 0.227. The van der Waals surface area contributed by atoms with E-state index in [-0.39, 0.29) is 22.8 Å². The molecule has 3 aromatic rings. The molecule has 0 bridgehead atoms. The summed E-state index contributed by atoms with van der Waals surface area (Å²) in [4.78, 5) is 42.7. The predicted molar refractivity (Wildman–Crippen MR) is 114 cm³/mol. The van der Waals surface area contributed by atoms with Gasteiger partial charge in [0.2, 0.25) is 11.6 Å². The molecule has 1 aromatic heterocycles. The summed E-state index contributed by atoms with van der Waals surface area (Å²) in [5.41, 5.74) is 9.23. The molecule has 11 nitrogen and oxygen atoms in total. The summed E-state index contributed by atoms with van der Waals surface area (Å²) in [6, 6.07) is 12.1. The van der Waals surface area contributed by atoms with Gasteiger partial charge in [0.25, 0.3) is 11.8 Å². The summed E-state index contributed by atoms with van der Waals surface area (Å²) in [5, 5.41) is 12.3. The van der Waals surface area contributed by atoms with E-state index in [2.05, 4.69) is 31.7 Å². The maximum absolute atomic E-state index is 12.2. The number of benzene rings is 2. The van der Waals surface area contributed by atoms with Gasteiger partial charge < -0.3 is 0 Å². The molecule has 4 N–H and O–H groups in total. The number of anilines is 2. The van der Waals surface area contributed by atoms with Crippen LogP contribution in [0, 0.1) is 10.1 Å². The lowest BCUT2D eigenvalue weighted by Gasteiger charge is -2.11. The molecule has 158 valence electrons. The van der Waals surface area contributed by atoms with E-state index in [1.807, 2.05) is 0 Å². The van der Waals surface area contributed by atoms with Crippen molar-refractivity contribution < 1.29 is 14.5 Å². The Morgan fingerprint density at radius 1 is 0.839 bits per heavy atom. The maximum Gasteiger partial charge on any atom is 0.356 e. The number of hydrazine groups is 2. The highest BCUT2D eigenvalue weighted by Crippen LogP contribution is 2.27. The highest BCUT2D eigenvalue weighted by molar-refractivity contribution is 6.31. The van der Waals surface area contributed by atoms with E-state index in [1.54, 1.807) is 12.1 Å². The van der Waals surface area contributed by atoms with Crippen LogP contribution in [0.5, 0.6) is 0 Å². The third-order valence-electron chi connectivity index (χ3n) is 3.79. The van der Waals surface area contributed by atoms with Crippen LogP contribution in [-0.2, 0) is 0 Å². The van der Waals surface area contributed by atoms with Gasteiger partial charge in [-0.3, -0.25) is 41.4 Å². The maximum atomic E-state index is 12.2. The van der Waals surface area contributed by atoms with Crippen LogP contribution in [0.3, 0.4) is 0 Å². The second-order valence-corrected chi connectivity index (χ2v) is 6.72. The lowest BCUT2D eigenvalue weighted by Crippen LogP contribution is -2.32. The fraction of sp³-hybridized carbons (Fsp3) is 0. The van der Waals surface area contributed by atoms with Gasteiger partial charge in [-0.25, -0.2) is 9.97 Å². The number of rotatable bonds is 7. The molecule has 2 aromatic carbocycles. The van der Waals surface area contributed by atoms with Gasteiger partial charge in [-0.05, 0) is 42.5 Å². The Hall–Kier alpha value is -3.96. The molecule has 13 heteroatoms. The fourth-order valence-corrected chi connectivity index (χ4v) is 2.66. The molecule has 1 heterocycles. The van der Waals surface area contributed by atoms with Crippen LogP contribution in [-0.4, -0.2) is 26.7 Å². The first-order chi connectivity index (χ1) is 14.8. The molecule has 0 saturated carbocycles. The third kappa shape index (κ3) is 5.56. The first-order valence-electron chi connectivity index (χ1n) is 8.48. The van der Waals surface area contributed by atoms with Crippen molar-refractivity contribution in [3.8, 4) is 0 Å². The number of carbonyl (C=O) groups is 2. The normalized spacial score (nSPS) is 10.1. The molecule has 0 aliphatic carbocycles. The summed E-state index contributed by atoms with van der Waals surface area (Å²) < 4.78 is 0. The molecule has 0 aliphatic heterocycles. The molecule has 0 fully saturated rings. The van der Waals surface area contributed by atoms with Gasteiger partial charge in [-0.1, -0.05) is 29.3 Å². The topological polar surface area (TPSA) is 151 Å². The first kappa shape index (κ1) is 21.7. The van der Waals surface area contributed by atoms with Crippen LogP contribution in [0.15, 0.2) is 54.9 Å². The molecule has 0 aliphatic rings. The number of halogens is 2. The van der Waals surface area contributed by atoms with Crippen molar-refractivity contribution in [1.29, 1.82) is 0 Å². The summed E-state index contributed by atoms with van der Waals surface area (Å²) in [6.45, 7) is 0. The Labute approximate surface area is 184 Å². The Balaban J connectivity index is 1.73. The predicted octanol–water partition coefficient (Wildman–Crippen LogP) is 3.21.